The Morgan fingerprint density at radius 2 is 1.62 bits per heavy atom. The SMILES string of the molecule is C[C@]12CC[C@@H]3[C]4[CH][CH][CH][C]4CC[C@H]3[C@@H]1CCC2=O.[CH]1[CH][CH][CH][CH]1.[Fe+2]. The molecular weight excluding hydrogens is 336 g/mol. The van der Waals surface area contributed by atoms with Crippen molar-refractivity contribution < 1.29 is 21.9 Å². The van der Waals surface area contributed by atoms with Crippen molar-refractivity contribution in [1.82, 2.24) is 0 Å². The molecule has 0 unspecified atom stereocenters. The van der Waals surface area contributed by atoms with Gasteiger partial charge in [0, 0.05) is 11.8 Å². The molecule has 0 aromatic heterocycles. The fourth-order valence-corrected chi connectivity index (χ4v) is 5.55. The summed E-state index contributed by atoms with van der Waals surface area (Å²) in [6.45, 7) is 2.25. The maximum atomic E-state index is 12.2. The zero-order chi connectivity index (χ0) is 15.9. The van der Waals surface area contributed by atoms with Crippen LogP contribution in [0.2, 0.25) is 0 Å². The smallest absolute Gasteiger partial charge is 0.299 e. The summed E-state index contributed by atoms with van der Waals surface area (Å²) < 4.78 is 0. The third-order valence-electron chi connectivity index (χ3n) is 6.79. The van der Waals surface area contributed by atoms with E-state index in [1.54, 1.807) is 11.8 Å². The summed E-state index contributed by atoms with van der Waals surface area (Å²) in [6.07, 6.45) is 23.8. The number of hydrogen-bond donors (Lipinski definition) is 0. The molecule has 10 radical (unpaired) electrons. The topological polar surface area (TPSA) is 17.1 Å². The Bertz CT molecular complexity index is 436. The van der Waals surface area contributed by atoms with Crippen LogP contribution in [0.4, 0.5) is 0 Å². The van der Waals surface area contributed by atoms with Crippen LogP contribution in [0, 0.1) is 86.4 Å². The zero-order valence-electron chi connectivity index (χ0n) is 14.4. The first-order valence-electron chi connectivity index (χ1n) is 9.14. The first-order valence-corrected chi connectivity index (χ1v) is 9.14. The molecule has 24 heavy (non-hydrogen) atoms. The Hall–Kier alpha value is 0.189. The van der Waals surface area contributed by atoms with E-state index < -0.39 is 0 Å². The van der Waals surface area contributed by atoms with Crippen molar-refractivity contribution in [1.29, 1.82) is 0 Å². The second-order valence-electron chi connectivity index (χ2n) is 7.80. The van der Waals surface area contributed by atoms with E-state index in [9.17, 15) is 4.79 Å². The molecule has 126 valence electrons. The number of Topliss-reactive ketones (excluding diaryl/α,β-unsaturated/α-hetero) is 1. The summed E-state index contributed by atoms with van der Waals surface area (Å²) in [6, 6.07) is 0. The van der Waals surface area contributed by atoms with Crippen molar-refractivity contribution >= 4 is 5.78 Å². The molecular formula is C22H26FeO+2. The molecule has 0 heterocycles. The number of fused-ring (bicyclic) bond motifs is 5. The summed E-state index contributed by atoms with van der Waals surface area (Å²) in [7, 11) is 0. The maximum absolute atomic E-state index is 12.2. The number of rotatable bonds is 0. The van der Waals surface area contributed by atoms with Crippen LogP contribution in [-0.2, 0) is 21.9 Å². The van der Waals surface area contributed by atoms with Crippen LogP contribution in [0.1, 0.15) is 45.4 Å². The van der Waals surface area contributed by atoms with Gasteiger partial charge in [-0.15, -0.1) is 0 Å². The van der Waals surface area contributed by atoms with E-state index in [1.165, 1.54) is 19.3 Å². The van der Waals surface area contributed by atoms with Gasteiger partial charge in [-0.25, -0.2) is 0 Å². The molecule has 5 aliphatic carbocycles. The fourth-order valence-electron chi connectivity index (χ4n) is 5.55. The van der Waals surface area contributed by atoms with Gasteiger partial charge in [0.05, 0.1) is 0 Å². The molecule has 4 atom stereocenters. The number of hydrogen-bond acceptors (Lipinski definition) is 1. The molecule has 0 N–H and O–H groups in total. The predicted octanol–water partition coefficient (Wildman–Crippen LogP) is 4.59. The van der Waals surface area contributed by atoms with Crippen LogP contribution in [0.15, 0.2) is 0 Å². The number of carbonyl (C=O) groups excluding carboxylic acids is 1. The Labute approximate surface area is 159 Å². The van der Waals surface area contributed by atoms with Gasteiger partial charge in [0.2, 0.25) is 0 Å². The van der Waals surface area contributed by atoms with Crippen molar-refractivity contribution in [3.8, 4) is 0 Å². The van der Waals surface area contributed by atoms with Gasteiger partial charge in [-0.3, -0.25) is 4.79 Å². The Kier molecular flexibility index (Phi) is 6.19. The van der Waals surface area contributed by atoms with Crippen molar-refractivity contribution in [3.63, 3.8) is 0 Å². The molecule has 5 fully saturated rings. The standard InChI is InChI=1S/C17H21O.C5H5.Fe/c1-17-10-9-13-12-4-2-3-11(12)5-6-14(13)15(17)7-8-16(17)18;1-2-4-5-3-1;/h2-4,13-15H,5-10H2,1H3;1-5H;/q;;+2/t13-,14-,15+,17+;;/m1../s1. The summed E-state index contributed by atoms with van der Waals surface area (Å²) in [5.41, 5.74) is 0.0330. The van der Waals surface area contributed by atoms with E-state index in [0.717, 1.165) is 31.1 Å². The van der Waals surface area contributed by atoms with E-state index in [2.05, 4.69) is 26.2 Å². The van der Waals surface area contributed by atoms with Gasteiger partial charge >= 0.3 is 17.1 Å². The molecule has 0 spiro atoms. The van der Waals surface area contributed by atoms with Crippen molar-refractivity contribution in [2.24, 2.45) is 23.2 Å². The maximum Gasteiger partial charge on any atom is 2.00 e. The van der Waals surface area contributed by atoms with Crippen LogP contribution in [0.25, 0.3) is 0 Å². The number of ketones is 1. The van der Waals surface area contributed by atoms with E-state index in [0.29, 0.717) is 11.7 Å². The van der Waals surface area contributed by atoms with Crippen LogP contribution in [0.5, 0.6) is 0 Å². The Balaban J connectivity index is 0.000000245. The monoisotopic (exact) mass is 362 g/mol. The van der Waals surface area contributed by atoms with Gasteiger partial charge in [-0.05, 0) is 113 Å². The second-order valence-corrected chi connectivity index (χ2v) is 7.80. The molecule has 5 rings (SSSR count). The summed E-state index contributed by atoms with van der Waals surface area (Å²) >= 11 is 0. The van der Waals surface area contributed by atoms with Gasteiger partial charge in [-0.1, -0.05) is 6.92 Å². The van der Waals surface area contributed by atoms with E-state index in [-0.39, 0.29) is 22.5 Å². The predicted molar refractivity (Wildman–Crippen MR) is 92.2 cm³/mol. The van der Waals surface area contributed by atoms with E-state index in [1.807, 2.05) is 32.1 Å². The van der Waals surface area contributed by atoms with Crippen LogP contribution in [-0.4, -0.2) is 5.78 Å². The van der Waals surface area contributed by atoms with E-state index >= 15 is 0 Å². The third-order valence-corrected chi connectivity index (χ3v) is 6.79. The molecule has 0 aromatic carbocycles. The molecule has 0 saturated heterocycles. The molecule has 2 heteroatoms. The third kappa shape index (κ3) is 3.27. The minimum Gasteiger partial charge on any atom is -0.299 e. The molecule has 1 nitrogen and oxygen atoms in total. The minimum absolute atomic E-state index is 0. The van der Waals surface area contributed by atoms with Crippen molar-refractivity contribution in [2.45, 2.75) is 45.4 Å². The van der Waals surface area contributed by atoms with Crippen molar-refractivity contribution in [3.05, 3.63) is 63.2 Å². The van der Waals surface area contributed by atoms with Gasteiger partial charge < -0.3 is 0 Å². The molecule has 0 amide bonds. The largest absolute Gasteiger partial charge is 2.00 e. The Morgan fingerprint density at radius 1 is 0.917 bits per heavy atom. The first-order chi connectivity index (χ1) is 11.2. The van der Waals surface area contributed by atoms with Crippen LogP contribution < -0.4 is 0 Å². The zero-order valence-corrected chi connectivity index (χ0v) is 15.5. The summed E-state index contributed by atoms with van der Waals surface area (Å²) in [5, 5.41) is 0. The first kappa shape index (κ1) is 19.0. The Morgan fingerprint density at radius 3 is 2.33 bits per heavy atom. The minimum atomic E-state index is 0. The van der Waals surface area contributed by atoms with E-state index in [4.69, 9.17) is 0 Å². The number of carbonyl (C=O) groups is 1. The molecule has 5 saturated carbocycles. The van der Waals surface area contributed by atoms with Gasteiger partial charge in [0.15, 0.2) is 0 Å². The van der Waals surface area contributed by atoms with Gasteiger partial charge in [-0.2, -0.15) is 0 Å². The normalized spacial score (nSPS) is 41.7. The summed E-state index contributed by atoms with van der Waals surface area (Å²) in [4.78, 5) is 12.2. The quantitative estimate of drug-likeness (QED) is 0.576. The summed E-state index contributed by atoms with van der Waals surface area (Å²) in [5.74, 6) is 5.97. The van der Waals surface area contributed by atoms with Crippen LogP contribution >= 0.6 is 0 Å². The molecule has 0 aromatic rings. The van der Waals surface area contributed by atoms with Crippen LogP contribution in [0.3, 0.4) is 0 Å². The second kappa shape index (κ2) is 7.83. The average Bonchev–Trinajstić information content (AvgIpc) is 3.29. The average molecular weight is 362 g/mol. The molecule has 5 aliphatic rings. The molecule has 0 aliphatic heterocycles. The van der Waals surface area contributed by atoms with Gasteiger partial charge in [0.1, 0.15) is 5.78 Å². The molecule has 0 bridgehead atoms. The fraction of sp³-hybridized carbons (Fsp3) is 0.500. The van der Waals surface area contributed by atoms with Crippen molar-refractivity contribution in [2.75, 3.05) is 0 Å². The van der Waals surface area contributed by atoms with Gasteiger partial charge in [0.25, 0.3) is 0 Å².